The van der Waals surface area contributed by atoms with Gasteiger partial charge in [0.1, 0.15) is 6.04 Å². The third-order valence-corrected chi connectivity index (χ3v) is 4.51. The summed E-state index contributed by atoms with van der Waals surface area (Å²) in [6.45, 7) is 0.384. The minimum absolute atomic E-state index is 0.232. The number of benzene rings is 2. The molecule has 0 bridgehead atoms. The van der Waals surface area contributed by atoms with Gasteiger partial charge in [-0.15, -0.1) is 0 Å². The molecule has 1 aliphatic rings. The van der Waals surface area contributed by atoms with Gasteiger partial charge in [-0.05, 0) is 34.9 Å². The third kappa shape index (κ3) is 3.91. The maximum atomic E-state index is 12.7. The van der Waals surface area contributed by atoms with Gasteiger partial charge in [-0.25, -0.2) is 4.79 Å². The van der Waals surface area contributed by atoms with Crippen LogP contribution in [0.4, 0.5) is 0 Å². The van der Waals surface area contributed by atoms with Gasteiger partial charge >= 0.3 is 5.97 Å². The van der Waals surface area contributed by atoms with Gasteiger partial charge in [0, 0.05) is 24.1 Å². The van der Waals surface area contributed by atoms with E-state index in [0.29, 0.717) is 18.0 Å². The van der Waals surface area contributed by atoms with Crippen LogP contribution in [-0.2, 0) is 27.3 Å². The lowest BCUT2D eigenvalue weighted by atomic mass is 9.94. The summed E-state index contributed by atoms with van der Waals surface area (Å²) in [6, 6.07) is 14.4. The highest BCUT2D eigenvalue weighted by atomic mass is 35.5. The smallest absolute Gasteiger partial charge is 0.328 e. The van der Waals surface area contributed by atoms with E-state index in [0.717, 1.165) is 16.7 Å². The van der Waals surface area contributed by atoms with E-state index in [4.69, 9.17) is 16.3 Å². The topological polar surface area (TPSA) is 46.6 Å². The van der Waals surface area contributed by atoms with Crippen LogP contribution < -0.4 is 0 Å². The van der Waals surface area contributed by atoms with Crippen molar-refractivity contribution in [1.29, 1.82) is 0 Å². The van der Waals surface area contributed by atoms with E-state index in [1.54, 1.807) is 23.1 Å². The van der Waals surface area contributed by atoms with Crippen molar-refractivity contribution in [2.75, 3.05) is 7.11 Å². The van der Waals surface area contributed by atoms with Crippen LogP contribution in [0.5, 0.6) is 0 Å². The van der Waals surface area contributed by atoms with Gasteiger partial charge in [-0.1, -0.05) is 48.0 Å². The third-order valence-electron chi connectivity index (χ3n) is 4.27. The Hall–Kier alpha value is -2.59. The number of hydrogen-bond donors (Lipinski definition) is 0. The van der Waals surface area contributed by atoms with E-state index in [1.165, 1.54) is 13.2 Å². The van der Waals surface area contributed by atoms with Gasteiger partial charge in [0.25, 0.3) is 0 Å². The van der Waals surface area contributed by atoms with E-state index < -0.39 is 12.0 Å². The number of hydrogen-bond acceptors (Lipinski definition) is 3. The second kappa shape index (κ2) is 7.53. The molecular weight excluding hydrogens is 338 g/mol. The minimum atomic E-state index is -0.614. The van der Waals surface area contributed by atoms with Gasteiger partial charge in [0.2, 0.25) is 5.91 Å². The average Bonchev–Trinajstić information content (AvgIpc) is 2.64. The zero-order valence-electron chi connectivity index (χ0n) is 13.8. The molecule has 2 aromatic carbocycles. The van der Waals surface area contributed by atoms with Crippen molar-refractivity contribution in [2.45, 2.75) is 19.0 Å². The number of nitrogens with zero attached hydrogens (tertiary/aromatic N) is 1. The molecule has 1 heterocycles. The normalized spacial score (nSPS) is 16.6. The van der Waals surface area contributed by atoms with Crippen molar-refractivity contribution < 1.29 is 14.3 Å². The molecule has 0 N–H and O–H groups in total. The van der Waals surface area contributed by atoms with Crippen molar-refractivity contribution in [2.24, 2.45) is 0 Å². The molecule has 0 saturated heterocycles. The summed E-state index contributed by atoms with van der Waals surface area (Å²) < 4.78 is 4.89. The lowest BCUT2D eigenvalue weighted by Gasteiger charge is -2.34. The molecule has 0 radical (unpaired) electrons. The number of methoxy groups -OCH3 is 1. The Labute approximate surface area is 151 Å². The van der Waals surface area contributed by atoms with E-state index in [1.807, 2.05) is 36.4 Å². The Morgan fingerprint density at radius 1 is 1.16 bits per heavy atom. The first-order valence-electron chi connectivity index (χ1n) is 7.97. The van der Waals surface area contributed by atoms with Crippen LogP contribution in [-0.4, -0.2) is 29.9 Å². The fourth-order valence-electron chi connectivity index (χ4n) is 2.97. The molecule has 1 unspecified atom stereocenters. The fraction of sp³-hybridized carbons (Fsp3) is 0.200. The number of halogens is 1. The summed E-state index contributed by atoms with van der Waals surface area (Å²) in [4.78, 5) is 26.4. The molecule has 2 aromatic rings. The molecule has 0 aromatic heterocycles. The lowest BCUT2D eigenvalue weighted by Crippen LogP contribution is -2.48. The molecule has 128 valence electrons. The molecule has 1 aliphatic heterocycles. The first-order valence-corrected chi connectivity index (χ1v) is 8.35. The number of carbonyl (C=O) groups excluding carboxylic acids is 2. The molecule has 3 rings (SSSR count). The summed E-state index contributed by atoms with van der Waals surface area (Å²) in [6.07, 6.45) is 3.62. The molecule has 5 heteroatoms. The van der Waals surface area contributed by atoms with Crippen molar-refractivity contribution in [1.82, 2.24) is 4.90 Å². The van der Waals surface area contributed by atoms with Crippen LogP contribution in [0.3, 0.4) is 0 Å². The Balaban J connectivity index is 1.84. The number of amides is 1. The predicted octanol–water partition coefficient (Wildman–Crippen LogP) is 3.48. The Bertz CT molecular complexity index is 831. The number of fused-ring (bicyclic) bond motifs is 1. The molecule has 4 nitrogen and oxygen atoms in total. The minimum Gasteiger partial charge on any atom is -0.467 e. The van der Waals surface area contributed by atoms with Gasteiger partial charge in [0.15, 0.2) is 0 Å². The second-order valence-electron chi connectivity index (χ2n) is 5.87. The van der Waals surface area contributed by atoms with Gasteiger partial charge in [-0.3, -0.25) is 4.79 Å². The molecule has 25 heavy (non-hydrogen) atoms. The van der Waals surface area contributed by atoms with E-state index in [9.17, 15) is 9.59 Å². The molecule has 1 amide bonds. The SMILES string of the molecule is COC(=O)C1Cc2ccccc2CN1C(=O)/C=C/c1cccc(Cl)c1. The quantitative estimate of drug-likeness (QED) is 0.625. The maximum Gasteiger partial charge on any atom is 0.328 e. The van der Waals surface area contributed by atoms with Crippen LogP contribution in [0.15, 0.2) is 54.6 Å². The number of esters is 1. The van der Waals surface area contributed by atoms with Crippen molar-refractivity contribution in [3.05, 3.63) is 76.3 Å². The van der Waals surface area contributed by atoms with Crippen LogP contribution in [0.2, 0.25) is 5.02 Å². The van der Waals surface area contributed by atoms with E-state index >= 15 is 0 Å². The zero-order valence-corrected chi connectivity index (χ0v) is 14.6. The highest BCUT2D eigenvalue weighted by molar-refractivity contribution is 6.30. The van der Waals surface area contributed by atoms with E-state index in [2.05, 4.69) is 0 Å². The molecule has 0 saturated carbocycles. The highest BCUT2D eigenvalue weighted by Crippen LogP contribution is 2.24. The first-order chi connectivity index (χ1) is 12.1. The average molecular weight is 356 g/mol. The lowest BCUT2D eigenvalue weighted by molar-refractivity contribution is -0.152. The largest absolute Gasteiger partial charge is 0.467 e. The van der Waals surface area contributed by atoms with E-state index in [-0.39, 0.29) is 5.91 Å². The van der Waals surface area contributed by atoms with Crippen LogP contribution >= 0.6 is 11.6 Å². The second-order valence-corrected chi connectivity index (χ2v) is 6.30. The molecular formula is C20H18ClNO3. The van der Waals surface area contributed by atoms with Crippen LogP contribution in [0, 0.1) is 0 Å². The molecule has 0 spiro atoms. The number of rotatable bonds is 3. The Kier molecular flexibility index (Phi) is 5.19. The van der Waals surface area contributed by atoms with Crippen LogP contribution in [0.1, 0.15) is 16.7 Å². The molecule has 0 fully saturated rings. The monoisotopic (exact) mass is 355 g/mol. The zero-order chi connectivity index (χ0) is 17.8. The fourth-order valence-corrected chi connectivity index (χ4v) is 3.17. The van der Waals surface area contributed by atoms with Gasteiger partial charge < -0.3 is 9.64 Å². The number of ether oxygens (including phenoxy) is 1. The summed E-state index contributed by atoms with van der Waals surface area (Å²) in [5, 5.41) is 0.605. The van der Waals surface area contributed by atoms with Crippen molar-refractivity contribution in [3.63, 3.8) is 0 Å². The van der Waals surface area contributed by atoms with Gasteiger partial charge in [-0.2, -0.15) is 0 Å². The van der Waals surface area contributed by atoms with Crippen molar-refractivity contribution >= 4 is 29.6 Å². The Morgan fingerprint density at radius 2 is 1.92 bits per heavy atom. The van der Waals surface area contributed by atoms with Crippen molar-refractivity contribution in [3.8, 4) is 0 Å². The summed E-state index contributed by atoms with van der Waals surface area (Å²) >= 11 is 5.96. The van der Waals surface area contributed by atoms with Gasteiger partial charge in [0.05, 0.1) is 7.11 Å². The van der Waals surface area contributed by atoms with Crippen LogP contribution in [0.25, 0.3) is 6.08 Å². The summed E-state index contributed by atoms with van der Waals surface area (Å²) in [5.41, 5.74) is 2.95. The highest BCUT2D eigenvalue weighted by Gasteiger charge is 2.34. The maximum absolute atomic E-state index is 12.7. The standard InChI is InChI=1S/C20H18ClNO3/c1-25-20(24)18-12-15-6-2-3-7-16(15)13-22(18)19(23)10-9-14-5-4-8-17(21)11-14/h2-11,18H,12-13H2,1H3/b10-9+. The molecule has 0 aliphatic carbocycles. The summed E-state index contributed by atoms with van der Waals surface area (Å²) in [5.74, 6) is -0.635. The summed E-state index contributed by atoms with van der Waals surface area (Å²) in [7, 11) is 1.34. The Morgan fingerprint density at radius 3 is 2.64 bits per heavy atom. The predicted molar refractivity (Wildman–Crippen MR) is 97.0 cm³/mol. The number of carbonyl (C=O) groups is 2. The first kappa shape index (κ1) is 17.2. The molecule has 1 atom stereocenters.